The van der Waals surface area contributed by atoms with Gasteiger partial charge in [-0.25, -0.2) is 28.1 Å². The van der Waals surface area contributed by atoms with Crippen LogP contribution in [0.4, 0.5) is 13.2 Å². The lowest BCUT2D eigenvalue weighted by atomic mass is 9.93. The average Bonchev–Trinajstić information content (AvgIpc) is 3.86. The first-order chi connectivity index (χ1) is 24.9. The van der Waals surface area contributed by atoms with Crippen LogP contribution in [0.1, 0.15) is 77.0 Å². The third-order valence-electron chi connectivity index (χ3n) is 11.6. The lowest BCUT2D eigenvalue weighted by Crippen LogP contribution is -2.42. The Morgan fingerprint density at radius 2 is 0.725 bits per heavy atom. The van der Waals surface area contributed by atoms with E-state index < -0.39 is 0 Å². The average molecular weight is 709 g/mol. The van der Waals surface area contributed by atoms with Crippen molar-refractivity contribution in [1.29, 1.82) is 0 Å². The van der Waals surface area contributed by atoms with Crippen molar-refractivity contribution in [3.8, 4) is 17.6 Å². The van der Waals surface area contributed by atoms with Gasteiger partial charge in [-0.1, -0.05) is 0 Å². The summed E-state index contributed by atoms with van der Waals surface area (Å²) in [5, 5.41) is 10.9. The molecule has 3 aromatic rings. The van der Waals surface area contributed by atoms with Crippen LogP contribution in [0.15, 0.2) is 55.0 Å². The van der Waals surface area contributed by atoms with Crippen LogP contribution >= 0.6 is 0 Å². The van der Waals surface area contributed by atoms with Crippen LogP contribution in [0, 0.1) is 35.2 Å². The van der Waals surface area contributed by atoms with E-state index in [2.05, 4.69) is 30.9 Å². The van der Waals surface area contributed by atoms with Crippen molar-refractivity contribution in [1.82, 2.24) is 30.9 Å². The summed E-state index contributed by atoms with van der Waals surface area (Å²) in [7, 11) is 0. The van der Waals surface area contributed by atoms with Crippen molar-refractivity contribution in [2.45, 2.75) is 113 Å². The van der Waals surface area contributed by atoms with E-state index in [0.29, 0.717) is 73.3 Å². The van der Waals surface area contributed by atoms with Gasteiger partial charge in [0.25, 0.3) is 0 Å². The minimum atomic E-state index is -0.324. The third-order valence-corrected chi connectivity index (χ3v) is 11.6. The molecule has 6 bridgehead atoms. The second-order valence-electron chi connectivity index (χ2n) is 15.0. The van der Waals surface area contributed by atoms with Crippen LogP contribution in [0.2, 0.25) is 0 Å². The van der Waals surface area contributed by atoms with E-state index in [0.717, 1.165) is 18.1 Å². The zero-order valence-corrected chi connectivity index (χ0v) is 29.2. The molecule has 9 nitrogen and oxygen atoms in total. The van der Waals surface area contributed by atoms with Gasteiger partial charge in [-0.05, 0) is 95.2 Å². The summed E-state index contributed by atoms with van der Waals surface area (Å²) in [5.74, 6) is 2.30. The standard InChI is InChI=1S/3C13H17FN2O/c3*14-10-2-6-13(15-7-10)17-8-9-1-3-11-4-5-12(9)16-11/h3*2,6-7,9,11-12,16H,1,3-5,8H2/t9-,11?,12?;;/m0../s1. The van der Waals surface area contributed by atoms with Gasteiger partial charge in [-0.2, -0.15) is 0 Å². The number of ether oxygens (including phenoxy) is 3. The smallest absolute Gasteiger partial charge is 0.213 e. The highest BCUT2D eigenvalue weighted by molar-refractivity contribution is 5.12. The maximum Gasteiger partial charge on any atom is 0.213 e. The maximum absolute atomic E-state index is 12.7. The molecule has 0 saturated carbocycles. The Morgan fingerprint density at radius 1 is 0.431 bits per heavy atom. The normalized spacial score (nSPS) is 31.5. The zero-order chi connectivity index (χ0) is 35.0. The molecule has 6 saturated heterocycles. The third kappa shape index (κ3) is 10.1. The zero-order valence-electron chi connectivity index (χ0n) is 29.2. The highest BCUT2D eigenvalue weighted by Gasteiger charge is 2.37. The molecule has 0 spiro atoms. The van der Waals surface area contributed by atoms with Crippen LogP contribution in [0.5, 0.6) is 17.6 Å². The molecule has 6 aliphatic rings. The summed E-state index contributed by atoms with van der Waals surface area (Å²) in [5.41, 5.74) is 0. The van der Waals surface area contributed by atoms with Gasteiger partial charge >= 0.3 is 0 Å². The molecule has 6 aliphatic heterocycles. The van der Waals surface area contributed by atoms with Crippen molar-refractivity contribution in [3.05, 3.63) is 72.4 Å². The number of pyridine rings is 3. The number of piperidine rings is 3. The van der Waals surface area contributed by atoms with Crippen molar-refractivity contribution in [2.75, 3.05) is 19.8 Å². The maximum atomic E-state index is 12.7. The number of fused-ring (bicyclic) bond motifs is 6. The first-order valence-electron chi connectivity index (χ1n) is 18.9. The van der Waals surface area contributed by atoms with Gasteiger partial charge < -0.3 is 30.2 Å². The second-order valence-corrected chi connectivity index (χ2v) is 15.0. The highest BCUT2D eigenvalue weighted by Crippen LogP contribution is 2.33. The van der Waals surface area contributed by atoms with E-state index in [-0.39, 0.29) is 17.5 Å². The van der Waals surface area contributed by atoms with Gasteiger partial charge in [-0.3, -0.25) is 0 Å². The van der Waals surface area contributed by atoms with Crippen LogP contribution in [0.3, 0.4) is 0 Å². The molecule has 51 heavy (non-hydrogen) atoms. The Kier molecular flexibility index (Phi) is 12.2. The molecule has 0 radical (unpaired) electrons. The fourth-order valence-electron chi connectivity index (χ4n) is 8.72. The van der Waals surface area contributed by atoms with Crippen molar-refractivity contribution in [2.24, 2.45) is 17.8 Å². The van der Waals surface area contributed by atoms with E-state index in [1.165, 1.54) is 114 Å². The molecule has 8 unspecified atom stereocenters. The van der Waals surface area contributed by atoms with Crippen molar-refractivity contribution >= 4 is 0 Å². The van der Waals surface area contributed by atoms with Gasteiger partial charge in [0.15, 0.2) is 0 Å². The fraction of sp³-hybridized carbons (Fsp3) is 0.615. The predicted molar refractivity (Wildman–Crippen MR) is 187 cm³/mol. The summed E-state index contributed by atoms with van der Waals surface area (Å²) in [6.45, 7) is 2.05. The summed E-state index contributed by atoms with van der Waals surface area (Å²) in [6.07, 6.45) is 18.7. The topological polar surface area (TPSA) is 102 Å². The molecule has 12 heteroatoms. The number of hydrogen-bond acceptors (Lipinski definition) is 9. The van der Waals surface area contributed by atoms with E-state index in [1.807, 2.05) is 0 Å². The van der Waals surface area contributed by atoms with E-state index in [1.54, 1.807) is 18.2 Å². The number of hydrogen-bond donors (Lipinski definition) is 3. The fourth-order valence-corrected chi connectivity index (χ4v) is 8.72. The SMILES string of the molecule is Fc1ccc(OCC2CCC3CCC2N3)nc1.Fc1ccc(OCC2CCC3CCC2N3)nc1.Fc1ccc(OC[C@@H]2CCC3CCC2N3)nc1. The number of nitrogens with zero attached hydrogens (tertiary/aromatic N) is 3. The molecule has 0 amide bonds. The molecule has 9 rings (SSSR count). The Balaban J connectivity index is 0.000000119. The second kappa shape index (κ2) is 17.4. The monoisotopic (exact) mass is 708 g/mol. The van der Waals surface area contributed by atoms with Gasteiger partial charge in [0.05, 0.1) is 38.4 Å². The number of rotatable bonds is 9. The molecule has 3 N–H and O–H groups in total. The summed E-state index contributed by atoms with van der Waals surface area (Å²) < 4.78 is 54.9. The predicted octanol–water partition coefficient (Wildman–Crippen LogP) is 6.39. The number of halogens is 3. The summed E-state index contributed by atoms with van der Waals surface area (Å²) >= 11 is 0. The van der Waals surface area contributed by atoms with E-state index in [4.69, 9.17) is 14.2 Å². The largest absolute Gasteiger partial charge is 0.477 e. The molecule has 6 fully saturated rings. The van der Waals surface area contributed by atoms with Gasteiger partial charge in [0, 0.05) is 72.2 Å². The summed E-state index contributed by atoms with van der Waals surface area (Å²) in [4.78, 5) is 11.7. The van der Waals surface area contributed by atoms with Crippen molar-refractivity contribution < 1.29 is 27.4 Å². The first kappa shape index (κ1) is 35.9. The molecule has 0 aliphatic carbocycles. The van der Waals surface area contributed by atoms with Gasteiger partial charge in [-0.15, -0.1) is 0 Å². The Labute approximate surface area is 298 Å². The van der Waals surface area contributed by atoms with Gasteiger partial charge in [0.2, 0.25) is 17.6 Å². The molecular formula is C39H51F3N6O3. The molecular weight excluding hydrogens is 657 g/mol. The number of nitrogens with one attached hydrogen (secondary N) is 3. The lowest BCUT2D eigenvalue weighted by molar-refractivity contribution is 0.177. The Hall–Kier alpha value is -3.48. The minimum absolute atomic E-state index is 0.324. The molecule has 276 valence electrons. The highest BCUT2D eigenvalue weighted by atomic mass is 19.1. The molecule has 0 aromatic carbocycles. The van der Waals surface area contributed by atoms with E-state index >= 15 is 0 Å². The molecule has 9 atom stereocenters. The molecule has 3 aromatic heterocycles. The van der Waals surface area contributed by atoms with Crippen LogP contribution in [0.25, 0.3) is 0 Å². The minimum Gasteiger partial charge on any atom is -0.477 e. The number of aromatic nitrogens is 3. The Bertz CT molecular complexity index is 1320. The van der Waals surface area contributed by atoms with Crippen molar-refractivity contribution in [3.63, 3.8) is 0 Å². The first-order valence-corrected chi connectivity index (χ1v) is 18.9. The quantitative estimate of drug-likeness (QED) is 0.234. The summed E-state index contributed by atoms with van der Waals surface area (Å²) in [6, 6.07) is 12.9. The molecule has 9 heterocycles. The van der Waals surface area contributed by atoms with Gasteiger partial charge in [0.1, 0.15) is 17.5 Å². The van der Waals surface area contributed by atoms with Crippen LogP contribution < -0.4 is 30.2 Å². The van der Waals surface area contributed by atoms with E-state index in [9.17, 15) is 13.2 Å². The van der Waals surface area contributed by atoms with Crippen LogP contribution in [-0.2, 0) is 0 Å². The lowest BCUT2D eigenvalue weighted by Gasteiger charge is -2.29. The Morgan fingerprint density at radius 3 is 1.00 bits per heavy atom. The van der Waals surface area contributed by atoms with Crippen LogP contribution in [-0.4, -0.2) is 71.0 Å².